The molecule has 3 rings (SSSR count). The minimum atomic E-state index is -0.356. The Kier molecular flexibility index (Phi) is 5.86. The SMILES string of the molecule is O=C(Cc1ccccc1F)Nc1ccc(CSc2ccccc2)cc1. The quantitative estimate of drug-likeness (QED) is 0.611. The Morgan fingerprint density at radius 1 is 0.880 bits per heavy atom. The molecule has 0 atom stereocenters. The molecule has 2 nitrogen and oxygen atoms in total. The van der Waals surface area contributed by atoms with Crippen LogP contribution in [0, 0.1) is 5.82 Å². The molecule has 0 aliphatic carbocycles. The van der Waals surface area contributed by atoms with Gasteiger partial charge in [0.15, 0.2) is 0 Å². The van der Waals surface area contributed by atoms with Gasteiger partial charge in [0.1, 0.15) is 5.82 Å². The molecule has 0 fully saturated rings. The third-order valence-corrected chi connectivity index (χ3v) is 4.78. The summed E-state index contributed by atoms with van der Waals surface area (Å²) in [5.74, 6) is 0.287. The van der Waals surface area contributed by atoms with E-state index in [0.717, 1.165) is 11.4 Å². The number of hydrogen-bond acceptors (Lipinski definition) is 2. The highest BCUT2D eigenvalue weighted by atomic mass is 32.2. The van der Waals surface area contributed by atoms with E-state index in [0.29, 0.717) is 5.56 Å². The fourth-order valence-corrected chi connectivity index (χ4v) is 3.26. The molecule has 25 heavy (non-hydrogen) atoms. The van der Waals surface area contributed by atoms with Crippen molar-refractivity contribution in [2.24, 2.45) is 0 Å². The second kappa shape index (κ2) is 8.49. The number of carbonyl (C=O) groups is 1. The second-order valence-corrected chi connectivity index (χ2v) is 6.66. The molecule has 0 unspecified atom stereocenters. The molecule has 0 aliphatic rings. The van der Waals surface area contributed by atoms with Crippen LogP contribution in [0.4, 0.5) is 10.1 Å². The number of nitrogens with one attached hydrogen (secondary N) is 1. The highest BCUT2D eigenvalue weighted by Gasteiger charge is 2.08. The van der Waals surface area contributed by atoms with Crippen molar-refractivity contribution in [3.63, 3.8) is 0 Å². The van der Waals surface area contributed by atoms with Crippen molar-refractivity contribution in [3.8, 4) is 0 Å². The maximum absolute atomic E-state index is 13.6. The number of thioether (sulfide) groups is 1. The van der Waals surface area contributed by atoms with Gasteiger partial charge in [0.25, 0.3) is 0 Å². The number of amides is 1. The molecule has 0 spiro atoms. The van der Waals surface area contributed by atoms with Crippen LogP contribution in [0.1, 0.15) is 11.1 Å². The molecular weight excluding hydrogens is 333 g/mol. The lowest BCUT2D eigenvalue weighted by molar-refractivity contribution is -0.115. The van der Waals surface area contributed by atoms with Gasteiger partial charge >= 0.3 is 0 Å². The van der Waals surface area contributed by atoms with Crippen molar-refractivity contribution in [1.82, 2.24) is 0 Å². The third kappa shape index (κ3) is 5.19. The van der Waals surface area contributed by atoms with Gasteiger partial charge in [0, 0.05) is 16.3 Å². The van der Waals surface area contributed by atoms with Gasteiger partial charge in [0.2, 0.25) is 5.91 Å². The summed E-state index contributed by atoms with van der Waals surface area (Å²) in [4.78, 5) is 13.3. The van der Waals surface area contributed by atoms with E-state index in [2.05, 4.69) is 17.4 Å². The lowest BCUT2D eigenvalue weighted by atomic mass is 10.1. The van der Waals surface area contributed by atoms with E-state index in [1.165, 1.54) is 16.5 Å². The minimum absolute atomic E-state index is 0.0261. The number of carbonyl (C=O) groups excluding carboxylic acids is 1. The maximum Gasteiger partial charge on any atom is 0.228 e. The fraction of sp³-hybridized carbons (Fsp3) is 0.0952. The highest BCUT2D eigenvalue weighted by Crippen LogP contribution is 2.23. The van der Waals surface area contributed by atoms with E-state index < -0.39 is 0 Å². The van der Waals surface area contributed by atoms with Gasteiger partial charge in [-0.3, -0.25) is 4.79 Å². The Hall–Kier alpha value is -2.59. The van der Waals surface area contributed by atoms with E-state index in [4.69, 9.17) is 0 Å². The lowest BCUT2D eigenvalue weighted by Crippen LogP contribution is -2.15. The van der Waals surface area contributed by atoms with Crippen molar-refractivity contribution < 1.29 is 9.18 Å². The first-order valence-electron chi connectivity index (χ1n) is 8.01. The molecule has 0 saturated heterocycles. The predicted octanol–water partition coefficient (Wildman–Crippen LogP) is 5.30. The van der Waals surface area contributed by atoms with Crippen molar-refractivity contribution >= 4 is 23.4 Å². The second-order valence-electron chi connectivity index (χ2n) is 5.62. The van der Waals surface area contributed by atoms with Crippen LogP contribution in [0.2, 0.25) is 0 Å². The Balaban J connectivity index is 1.53. The van der Waals surface area contributed by atoms with E-state index in [-0.39, 0.29) is 18.1 Å². The molecule has 1 amide bonds. The number of benzene rings is 3. The molecule has 3 aromatic carbocycles. The molecule has 4 heteroatoms. The smallest absolute Gasteiger partial charge is 0.228 e. The molecule has 0 heterocycles. The third-order valence-electron chi connectivity index (χ3n) is 3.70. The van der Waals surface area contributed by atoms with E-state index in [9.17, 15) is 9.18 Å². The molecule has 1 N–H and O–H groups in total. The Bertz CT molecular complexity index is 834. The van der Waals surface area contributed by atoms with Gasteiger partial charge in [-0.15, -0.1) is 11.8 Å². The Labute approximate surface area is 151 Å². The summed E-state index contributed by atoms with van der Waals surface area (Å²) in [6.07, 6.45) is 0.0261. The average Bonchev–Trinajstić information content (AvgIpc) is 2.64. The Morgan fingerprint density at radius 2 is 1.56 bits per heavy atom. The van der Waals surface area contributed by atoms with E-state index in [1.807, 2.05) is 42.5 Å². The summed E-state index contributed by atoms with van der Waals surface area (Å²) < 4.78 is 13.6. The largest absolute Gasteiger partial charge is 0.326 e. The Morgan fingerprint density at radius 3 is 2.28 bits per heavy atom. The summed E-state index contributed by atoms with van der Waals surface area (Å²) in [7, 11) is 0. The molecular formula is C21H18FNOS. The molecule has 0 radical (unpaired) electrons. The molecule has 0 aliphatic heterocycles. The minimum Gasteiger partial charge on any atom is -0.326 e. The monoisotopic (exact) mass is 351 g/mol. The van der Waals surface area contributed by atoms with Crippen molar-refractivity contribution in [1.29, 1.82) is 0 Å². The molecule has 126 valence electrons. The number of rotatable bonds is 6. The van der Waals surface area contributed by atoms with E-state index in [1.54, 1.807) is 30.0 Å². The zero-order valence-electron chi connectivity index (χ0n) is 13.6. The first kappa shape index (κ1) is 17.2. The maximum atomic E-state index is 13.6. The van der Waals surface area contributed by atoms with Gasteiger partial charge in [-0.2, -0.15) is 0 Å². The molecule has 0 bridgehead atoms. The predicted molar refractivity (Wildman–Crippen MR) is 101 cm³/mol. The summed E-state index contributed by atoms with van der Waals surface area (Å²) in [6.45, 7) is 0. The normalized spacial score (nSPS) is 10.4. The number of halogens is 1. The van der Waals surface area contributed by atoms with Gasteiger partial charge < -0.3 is 5.32 Å². The zero-order chi connectivity index (χ0) is 17.5. The first-order valence-corrected chi connectivity index (χ1v) is 8.99. The van der Waals surface area contributed by atoms with Crippen molar-refractivity contribution in [2.75, 3.05) is 5.32 Å². The topological polar surface area (TPSA) is 29.1 Å². The van der Waals surface area contributed by atoms with Crippen LogP contribution < -0.4 is 5.32 Å². The molecule has 3 aromatic rings. The van der Waals surface area contributed by atoms with E-state index >= 15 is 0 Å². The van der Waals surface area contributed by atoms with Crippen LogP contribution in [0.15, 0.2) is 83.8 Å². The van der Waals surface area contributed by atoms with Crippen LogP contribution in [-0.4, -0.2) is 5.91 Å². The van der Waals surface area contributed by atoms with Crippen molar-refractivity contribution in [2.45, 2.75) is 17.1 Å². The standard InChI is InChI=1S/C21H18FNOS/c22-20-9-5-4-6-17(20)14-21(24)23-18-12-10-16(11-13-18)15-25-19-7-2-1-3-8-19/h1-13H,14-15H2,(H,23,24). The summed E-state index contributed by atoms with van der Waals surface area (Å²) in [5.41, 5.74) is 2.30. The van der Waals surface area contributed by atoms with Crippen LogP contribution in [0.25, 0.3) is 0 Å². The van der Waals surface area contributed by atoms with Gasteiger partial charge in [-0.25, -0.2) is 4.39 Å². The van der Waals surface area contributed by atoms with Crippen LogP contribution in [0.3, 0.4) is 0 Å². The highest BCUT2D eigenvalue weighted by molar-refractivity contribution is 7.98. The van der Waals surface area contributed by atoms with Crippen LogP contribution >= 0.6 is 11.8 Å². The average molecular weight is 351 g/mol. The summed E-state index contributed by atoms with van der Waals surface area (Å²) in [5, 5.41) is 2.81. The lowest BCUT2D eigenvalue weighted by Gasteiger charge is -2.07. The van der Waals surface area contributed by atoms with Gasteiger partial charge in [0.05, 0.1) is 6.42 Å². The van der Waals surface area contributed by atoms with Crippen LogP contribution in [-0.2, 0) is 17.0 Å². The number of anilines is 1. The fourth-order valence-electron chi connectivity index (χ4n) is 2.39. The summed E-state index contributed by atoms with van der Waals surface area (Å²) in [6, 6.07) is 24.3. The molecule has 0 aromatic heterocycles. The zero-order valence-corrected chi connectivity index (χ0v) is 14.4. The van der Waals surface area contributed by atoms with Gasteiger partial charge in [-0.1, -0.05) is 48.5 Å². The van der Waals surface area contributed by atoms with Crippen LogP contribution in [0.5, 0.6) is 0 Å². The molecule has 0 saturated carbocycles. The number of hydrogen-bond donors (Lipinski definition) is 1. The first-order chi connectivity index (χ1) is 12.2. The van der Waals surface area contributed by atoms with Crippen molar-refractivity contribution in [3.05, 3.63) is 95.8 Å². The summed E-state index contributed by atoms with van der Waals surface area (Å²) >= 11 is 1.77. The van der Waals surface area contributed by atoms with Gasteiger partial charge in [-0.05, 0) is 41.5 Å².